The molecule has 0 aromatic rings. The molecule has 0 amide bonds. The van der Waals surface area contributed by atoms with Crippen molar-refractivity contribution in [3.05, 3.63) is 0 Å². The molecule has 6 heteroatoms. The van der Waals surface area contributed by atoms with Gasteiger partial charge in [0.1, 0.15) is 0 Å². The third-order valence-electron chi connectivity index (χ3n) is 2.12. The van der Waals surface area contributed by atoms with Gasteiger partial charge in [-0.3, -0.25) is 4.90 Å². The lowest BCUT2D eigenvalue weighted by Gasteiger charge is -2.25. The van der Waals surface area contributed by atoms with E-state index in [9.17, 15) is 0 Å². The van der Waals surface area contributed by atoms with Gasteiger partial charge in [0.15, 0.2) is 0 Å². The van der Waals surface area contributed by atoms with Gasteiger partial charge in [0.2, 0.25) is 0 Å². The zero-order chi connectivity index (χ0) is 9.15. The summed E-state index contributed by atoms with van der Waals surface area (Å²) in [5, 5.41) is 0. The summed E-state index contributed by atoms with van der Waals surface area (Å²) in [5.41, 5.74) is 0. The van der Waals surface area contributed by atoms with Crippen molar-refractivity contribution in [1.29, 1.82) is 0 Å². The Bertz CT molecular complexity index is 173. The summed E-state index contributed by atoms with van der Waals surface area (Å²) in [6.45, 7) is 5.54. The largest absolute Gasteiger partial charge is 0.392 e. The molecule has 0 aromatic heterocycles. The van der Waals surface area contributed by atoms with Gasteiger partial charge in [0.25, 0.3) is 0 Å². The van der Waals surface area contributed by atoms with Crippen LogP contribution >= 0.6 is 33.6 Å². The smallest absolute Gasteiger partial charge is 0.385 e. The Labute approximate surface area is 92.6 Å². The van der Waals surface area contributed by atoms with Gasteiger partial charge in [-0.05, 0) is 6.92 Å². The SMILES string of the molecule is CCO[Si]12SCCN(CCS1)CS2. The molecule has 13 heavy (non-hydrogen) atoms. The van der Waals surface area contributed by atoms with Crippen molar-refractivity contribution in [1.82, 2.24) is 4.90 Å². The van der Waals surface area contributed by atoms with Crippen LogP contribution in [0.3, 0.4) is 0 Å². The van der Waals surface area contributed by atoms with Crippen molar-refractivity contribution in [2.45, 2.75) is 6.92 Å². The van der Waals surface area contributed by atoms with Gasteiger partial charge in [0, 0.05) is 37.1 Å². The van der Waals surface area contributed by atoms with Crippen molar-refractivity contribution in [3.8, 4) is 0 Å². The van der Waals surface area contributed by atoms with Crippen LogP contribution in [-0.2, 0) is 4.43 Å². The molecule has 2 fully saturated rings. The summed E-state index contributed by atoms with van der Waals surface area (Å²) in [6.07, 6.45) is 0. The molecule has 0 N–H and O–H groups in total. The van der Waals surface area contributed by atoms with Crippen LogP contribution in [0.25, 0.3) is 0 Å². The average molecular weight is 253 g/mol. The molecule has 2 aliphatic heterocycles. The fourth-order valence-electron chi connectivity index (χ4n) is 1.44. The van der Waals surface area contributed by atoms with Crippen LogP contribution in [-0.4, -0.2) is 47.7 Å². The molecule has 0 saturated carbocycles. The molecule has 2 bridgehead atoms. The van der Waals surface area contributed by atoms with E-state index in [4.69, 9.17) is 4.43 Å². The van der Waals surface area contributed by atoms with Crippen molar-refractivity contribution < 1.29 is 4.43 Å². The van der Waals surface area contributed by atoms with Crippen molar-refractivity contribution >= 4 is 39.4 Å². The Morgan fingerprint density at radius 2 is 1.92 bits per heavy atom. The molecule has 2 heterocycles. The van der Waals surface area contributed by atoms with Gasteiger partial charge in [-0.1, -0.05) is 0 Å². The van der Waals surface area contributed by atoms with Gasteiger partial charge in [-0.2, -0.15) is 0 Å². The maximum atomic E-state index is 6.02. The maximum absolute atomic E-state index is 6.02. The van der Waals surface area contributed by atoms with Gasteiger partial charge < -0.3 is 4.43 Å². The highest BCUT2D eigenvalue weighted by Crippen LogP contribution is 2.46. The van der Waals surface area contributed by atoms with Gasteiger partial charge in [-0.25, -0.2) is 0 Å². The van der Waals surface area contributed by atoms with Crippen LogP contribution in [0.15, 0.2) is 0 Å². The Balaban J connectivity index is 2.06. The Kier molecular flexibility index (Phi) is 3.95. The second kappa shape index (κ2) is 4.81. The Morgan fingerprint density at radius 3 is 2.54 bits per heavy atom. The minimum Gasteiger partial charge on any atom is -0.392 e. The van der Waals surface area contributed by atoms with E-state index in [0.717, 1.165) is 6.61 Å². The van der Waals surface area contributed by atoms with Crippen molar-refractivity contribution in [3.63, 3.8) is 0 Å². The summed E-state index contributed by atoms with van der Waals surface area (Å²) in [6, 6.07) is 0. The third-order valence-corrected chi connectivity index (χ3v) is 17.3. The molecule has 0 atom stereocenters. The van der Waals surface area contributed by atoms with E-state index in [2.05, 4.69) is 45.5 Å². The van der Waals surface area contributed by atoms with Crippen LogP contribution in [0.4, 0.5) is 0 Å². The molecule has 2 saturated heterocycles. The second-order valence-corrected chi connectivity index (χ2v) is 16.3. The highest BCUT2D eigenvalue weighted by Gasteiger charge is 2.42. The minimum atomic E-state index is -1.48. The predicted molar refractivity (Wildman–Crippen MR) is 66.3 cm³/mol. The zero-order valence-electron chi connectivity index (χ0n) is 7.82. The van der Waals surface area contributed by atoms with Crippen LogP contribution in [0.1, 0.15) is 6.92 Å². The molecule has 0 aliphatic carbocycles. The molecule has 0 aromatic carbocycles. The first kappa shape index (κ1) is 10.7. The summed E-state index contributed by atoms with van der Waals surface area (Å²) in [4.78, 5) is 2.56. The number of hydrogen-bond acceptors (Lipinski definition) is 5. The normalized spacial score (nSPS) is 39.9. The fourth-order valence-corrected chi connectivity index (χ4v) is 15.9. The number of hydrogen-bond donors (Lipinski definition) is 0. The number of rotatable bonds is 2. The van der Waals surface area contributed by atoms with Gasteiger partial charge >= 0.3 is 5.77 Å². The lowest BCUT2D eigenvalue weighted by atomic mass is 10.6. The molecule has 76 valence electrons. The minimum absolute atomic E-state index is 0.888. The topological polar surface area (TPSA) is 12.5 Å². The summed E-state index contributed by atoms with van der Waals surface area (Å²) in [7, 11) is 0. The molecule has 2 aliphatic rings. The standard InChI is InChI=1S/C7H15NOS3Si/c1-2-9-13-10-5-3-8(7-12-13)4-6-11-13/h2-7H2,1H3. The lowest BCUT2D eigenvalue weighted by molar-refractivity contribution is 0.363. The first-order chi connectivity index (χ1) is 6.35. The monoisotopic (exact) mass is 253 g/mol. The van der Waals surface area contributed by atoms with Crippen LogP contribution in [0.5, 0.6) is 0 Å². The predicted octanol–water partition coefficient (Wildman–Crippen LogP) is 1.94. The van der Waals surface area contributed by atoms with E-state index >= 15 is 0 Å². The quantitative estimate of drug-likeness (QED) is 0.695. The van der Waals surface area contributed by atoms with Crippen LogP contribution in [0, 0.1) is 0 Å². The molecular weight excluding hydrogens is 238 g/mol. The van der Waals surface area contributed by atoms with Gasteiger partial charge in [-0.15, -0.1) is 33.6 Å². The second-order valence-electron chi connectivity index (χ2n) is 3.02. The van der Waals surface area contributed by atoms with Crippen molar-refractivity contribution in [2.24, 2.45) is 0 Å². The Morgan fingerprint density at radius 1 is 1.23 bits per heavy atom. The van der Waals surface area contributed by atoms with Crippen molar-refractivity contribution in [2.75, 3.05) is 37.1 Å². The molecular formula is C7H15NOS3Si. The first-order valence-corrected chi connectivity index (χ1v) is 11.7. The highest BCUT2D eigenvalue weighted by molar-refractivity contribution is 8.80. The molecule has 0 radical (unpaired) electrons. The summed E-state index contributed by atoms with van der Waals surface area (Å²) >= 11 is 6.32. The first-order valence-electron chi connectivity index (χ1n) is 4.63. The highest BCUT2D eigenvalue weighted by atomic mass is 32.8. The van der Waals surface area contributed by atoms with E-state index in [0.29, 0.717) is 0 Å². The van der Waals surface area contributed by atoms with E-state index in [-0.39, 0.29) is 0 Å². The maximum Gasteiger partial charge on any atom is 0.385 e. The van der Waals surface area contributed by atoms with E-state index in [1.807, 2.05) is 0 Å². The third kappa shape index (κ3) is 2.60. The van der Waals surface area contributed by atoms with Crippen LogP contribution in [0.2, 0.25) is 0 Å². The molecule has 0 unspecified atom stereocenters. The summed E-state index contributed by atoms with van der Waals surface area (Å²) < 4.78 is 6.02. The number of nitrogens with zero attached hydrogens (tertiary/aromatic N) is 1. The molecule has 2 nitrogen and oxygen atoms in total. The Hall–Kier alpha value is 1.19. The fraction of sp³-hybridized carbons (Fsp3) is 1.00. The lowest BCUT2D eigenvalue weighted by Crippen LogP contribution is -2.30. The molecule has 2 rings (SSSR count). The average Bonchev–Trinajstić information content (AvgIpc) is 2.37. The van der Waals surface area contributed by atoms with E-state index in [1.54, 1.807) is 0 Å². The van der Waals surface area contributed by atoms with E-state index < -0.39 is 5.77 Å². The summed E-state index contributed by atoms with van der Waals surface area (Å²) in [5.74, 6) is 2.26. The molecule has 0 spiro atoms. The van der Waals surface area contributed by atoms with Gasteiger partial charge in [0.05, 0.1) is 0 Å². The van der Waals surface area contributed by atoms with Crippen LogP contribution < -0.4 is 0 Å². The zero-order valence-corrected chi connectivity index (χ0v) is 11.3. The van der Waals surface area contributed by atoms with E-state index in [1.165, 1.54) is 30.5 Å². The number of fused-ring (bicyclic) bond motifs is 3.